The minimum atomic E-state index is -0.501. The number of anilines is 2. The van der Waals surface area contributed by atoms with Gasteiger partial charge in [0.2, 0.25) is 5.91 Å². The molecule has 0 saturated heterocycles. The number of nitrogens with one attached hydrogen (secondary N) is 1. The van der Waals surface area contributed by atoms with Crippen LogP contribution in [0.3, 0.4) is 0 Å². The summed E-state index contributed by atoms with van der Waals surface area (Å²) in [5.74, 6) is -0.793. The van der Waals surface area contributed by atoms with Crippen molar-refractivity contribution in [1.82, 2.24) is 9.97 Å². The summed E-state index contributed by atoms with van der Waals surface area (Å²) in [5, 5.41) is 2.53. The quantitative estimate of drug-likeness (QED) is 0.857. The molecule has 2 aromatic heterocycles. The van der Waals surface area contributed by atoms with Crippen LogP contribution in [0.2, 0.25) is 0 Å². The van der Waals surface area contributed by atoms with Crippen LogP contribution >= 0.6 is 0 Å². The number of nitrogens with two attached hydrogens (primary N) is 1. The maximum Gasteiger partial charge on any atom is 0.230 e. The highest BCUT2D eigenvalue weighted by atomic mass is 19.1. The maximum absolute atomic E-state index is 12.8. The van der Waals surface area contributed by atoms with Crippen LogP contribution in [0, 0.1) is 5.82 Å². The van der Waals surface area contributed by atoms with Crippen LogP contribution in [0.1, 0.15) is 5.69 Å². The number of rotatable bonds is 3. The Morgan fingerprint density at radius 3 is 2.83 bits per heavy atom. The van der Waals surface area contributed by atoms with Crippen LogP contribution in [0.5, 0.6) is 0 Å². The summed E-state index contributed by atoms with van der Waals surface area (Å²) < 4.78 is 12.8. The Hall–Kier alpha value is -2.50. The van der Waals surface area contributed by atoms with Crippen molar-refractivity contribution in [3.05, 3.63) is 48.3 Å². The second-order valence-electron chi connectivity index (χ2n) is 3.70. The summed E-state index contributed by atoms with van der Waals surface area (Å²) in [6.45, 7) is 0. The van der Waals surface area contributed by atoms with Gasteiger partial charge in [0.15, 0.2) is 0 Å². The number of carbonyl (C=O) groups is 1. The van der Waals surface area contributed by atoms with Gasteiger partial charge in [-0.25, -0.2) is 4.39 Å². The van der Waals surface area contributed by atoms with E-state index in [0.29, 0.717) is 17.1 Å². The molecule has 2 aromatic rings. The van der Waals surface area contributed by atoms with Gasteiger partial charge in [-0.1, -0.05) is 0 Å². The fraction of sp³-hybridized carbons (Fsp3) is 0.0833. The average molecular weight is 246 g/mol. The lowest BCUT2D eigenvalue weighted by molar-refractivity contribution is -0.115. The molecule has 0 spiro atoms. The highest BCUT2D eigenvalue weighted by Gasteiger charge is 2.06. The predicted octanol–water partition coefficient (Wildman–Crippen LogP) is 1.38. The van der Waals surface area contributed by atoms with Crippen LogP contribution in [0.25, 0.3) is 0 Å². The molecule has 6 heteroatoms. The Kier molecular flexibility index (Phi) is 3.47. The van der Waals surface area contributed by atoms with Crippen molar-refractivity contribution in [1.29, 1.82) is 0 Å². The number of aromatic nitrogens is 2. The summed E-state index contributed by atoms with van der Waals surface area (Å²) in [4.78, 5) is 19.3. The number of nitrogens with zero attached hydrogens (tertiary/aromatic N) is 2. The van der Waals surface area contributed by atoms with Crippen molar-refractivity contribution in [2.24, 2.45) is 0 Å². The van der Waals surface area contributed by atoms with Crippen molar-refractivity contribution in [3.63, 3.8) is 0 Å². The molecule has 18 heavy (non-hydrogen) atoms. The first kappa shape index (κ1) is 12.0. The van der Waals surface area contributed by atoms with E-state index >= 15 is 0 Å². The van der Waals surface area contributed by atoms with Gasteiger partial charge < -0.3 is 11.1 Å². The molecule has 2 rings (SSSR count). The first-order valence-electron chi connectivity index (χ1n) is 5.24. The minimum Gasteiger partial charge on any atom is -0.397 e. The SMILES string of the molecule is Nc1ccc(CC(=O)Nc2cncc(F)c2)nc1. The molecule has 0 saturated carbocycles. The number of pyridine rings is 2. The van der Waals surface area contributed by atoms with E-state index in [1.807, 2.05) is 0 Å². The van der Waals surface area contributed by atoms with E-state index in [1.54, 1.807) is 12.1 Å². The fourth-order valence-electron chi connectivity index (χ4n) is 1.39. The molecule has 2 heterocycles. The van der Waals surface area contributed by atoms with E-state index in [0.717, 1.165) is 6.20 Å². The Morgan fingerprint density at radius 1 is 1.33 bits per heavy atom. The molecular weight excluding hydrogens is 235 g/mol. The van der Waals surface area contributed by atoms with Gasteiger partial charge >= 0.3 is 0 Å². The van der Waals surface area contributed by atoms with Crippen molar-refractivity contribution in [2.75, 3.05) is 11.1 Å². The van der Waals surface area contributed by atoms with Crippen molar-refractivity contribution in [2.45, 2.75) is 6.42 Å². The molecule has 0 aromatic carbocycles. The highest BCUT2D eigenvalue weighted by molar-refractivity contribution is 5.91. The van der Waals surface area contributed by atoms with E-state index in [1.165, 1.54) is 18.5 Å². The zero-order valence-corrected chi connectivity index (χ0v) is 9.43. The smallest absolute Gasteiger partial charge is 0.230 e. The number of halogens is 1. The van der Waals surface area contributed by atoms with Crippen molar-refractivity contribution < 1.29 is 9.18 Å². The molecule has 0 aliphatic heterocycles. The third-order valence-electron chi connectivity index (χ3n) is 2.18. The lowest BCUT2D eigenvalue weighted by Gasteiger charge is -2.04. The molecule has 1 amide bonds. The second-order valence-corrected chi connectivity index (χ2v) is 3.70. The average Bonchev–Trinajstić information content (AvgIpc) is 2.32. The topological polar surface area (TPSA) is 80.9 Å². The highest BCUT2D eigenvalue weighted by Crippen LogP contribution is 2.08. The van der Waals surface area contributed by atoms with E-state index in [2.05, 4.69) is 15.3 Å². The van der Waals surface area contributed by atoms with Crippen LogP contribution in [0.15, 0.2) is 36.8 Å². The molecule has 0 radical (unpaired) electrons. The van der Waals surface area contributed by atoms with Gasteiger partial charge in [0, 0.05) is 11.8 Å². The maximum atomic E-state index is 12.8. The first-order chi connectivity index (χ1) is 8.63. The summed E-state index contributed by atoms with van der Waals surface area (Å²) in [6.07, 6.45) is 4.01. The standard InChI is InChI=1S/C12H11FN4O/c13-8-3-11(7-15-5-8)17-12(18)4-10-2-1-9(14)6-16-10/h1-3,5-7H,4,14H2,(H,17,18). The zero-order chi connectivity index (χ0) is 13.0. The van der Waals surface area contributed by atoms with Crippen LogP contribution in [-0.4, -0.2) is 15.9 Å². The molecule has 3 N–H and O–H groups in total. The monoisotopic (exact) mass is 246 g/mol. The Balaban J connectivity index is 1.98. The van der Waals surface area contributed by atoms with Crippen LogP contribution < -0.4 is 11.1 Å². The predicted molar refractivity (Wildman–Crippen MR) is 65.2 cm³/mol. The Bertz CT molecular complexity index is 556. The van der Waals surface area contributed by atoms with E-state index in [4.69, 9.17) is 5.73 Å². The van der Waals surface area contributed by atoms with Crippen LogP contribution in [-0.2, 0) is 11.2 Å². The molecular formula is C12H11FN4O. The van der Waals surface area contributed by atoms with Crippen LogP contribution in [0.4, 0.5) is 15.8 Å². The molecule has 0 unspecified atom stereocenters. The summed E-state index contributed by atoms with van der Waals surface area (Å²) in [6, 6.07) is 4.53. The van der Waals surface area contributed by atoms with Gasteiger partial charge in [-0.05, 0) is 12.1 Å². The number of hydrogen-bond donors (Lipinski definition) is 2. The molecule has 0 bridgehead atoms. The summed E-state index contributed by atoms with van der Waals surface area (Å²) in [5.41, 5.74) is 6.92. The first-order valence-corrected chi connectivity index (χ1v) is 5.24. The van der Waals surface area contributed by atoms with E-state index in [9.17, 15) is 9.18 Å². The zero-order valence-electron chi connectivity index (χ0n) is 9.43. The largest absolute Gasteiger partial charge is 0.397 e. The Labute approximate surface area is 103 Å². The molecule has 0 fully saturated rings. The van der Waals surface area contributed by atoms with Gasteiger partial charge in [0.05, 0.1) is 36.4 Å². The van der Waals surface area contributed by atoms with Gasteiger partial charge in [0.1, 0.15) is 5.82 Å². The summed E-state index contributed by atoms with van der Waals surface area (Å²) in [7, 11) is 0. The number of nitrogen functional groups attached to an aromatic ring is 1. The lowest BCUT2D eigenvalue weighted by Crippen LogP contribution is -2.15. The Morgan fingerprint density at radius 2 is 2.17 bits per heavy atom. The second kappa shape index (κ2) is 5.22. The number of hydrogen-bond acceptors (Lipinski definition) is 4. The minimum absolute atomic E-state index is 0.0940. The van der Waals surface area contributed by atoms with E-state index < -0.39 is 5.82 Å². The number of amides is 1. The van der Waals surface area contributed by atoms with E-state index in [-0.39, 0.29) is 12.3 Å². The summed E-state index contributed by atoms with van der Waals surface area (Å²) >= 11 is 0. The van der Waals surface area contributed by atoms with Gasteiger partial charge in [-0.2, -0.15) is 0 Å². The lowest BCUT2D eigenvalue weighted by atomic mass is 10.2. The van der Waals surface area contributed by atoms with Gasteiger partial charge in [-0.3, -0.25) is 14.8 Å². The third kappa shape index (κ3) is 3.24. The molecule has 0 aliphatic rings. The fourth-order valence-corrected chi connectivity index (χ4v) is 1.39. The van der Waals surface area contributed by atoms with Crippen molar-refractivity contribution >= 4 is 17.3 Å². The third-order valence-corrected chi connectivity index (χ3v) is 2.18. The molecule has 0 atom stereocenters. The van der Waals surface area contributed by atoms with Gasteiger partial charge in [-0.15, -0.1) is 0 Å². The van der Waals surface area contributed by atoms with Crippen molar-refractivity contribution in [3.8, 4) is 0 Å². The molecule has 0 aliphatic carbocycles. The molecule has 92 valence electrons. The molecule has 5 nitrogen and oxygen atoms in total. The van der Waals surface area contributed by atoms with Gasteiger partial charge in [0.25, 0.3) is 0 Å². The normalized spacial score (nSPS) is 10.1. The number of carbonyl (C=O) groups excluding carboxylic acids is 1.